The molecular weight excluding hydrogens is 805 g/mol. The molecular formula is C59H98O6. The molecule has 0 aromatic rings. The molecule has 1 atom stereocenters. The molecule has 370 valence electrons. The van der Waals surface area contributed by atoms with Gasteiger partial charge in [-0.3, -0.25) is 14.4 Å². The van der Waals surface area contributed by atoms with E-state index in [1.54, 1.807) is 0 Å². The number of hydrogen-bond donors (Lipinski definition) is 0. The lowest BCUT2D eigenvalue weighted by Gasteiger charge is -2.18. The Bertz CT molecular complexity index is 1310. The predicted octanol–water partition coefficient (Wildman–Crippen LogP) is 17.8. The Kier molecular flexibility index (Phi) is 50.0. The Hall–Kier alpha value is -3.67. The summed E-state index contributed by atoms with van der Waals surface area (Å²) in [6.07, 6.45) is 69.7. The molecule has 0 N–H and O–H groups in total. The van der Waals surface area contributed by atoms with Gasteiger partial charge in [0.15, 0.2) is 6.10 Å². The van der Waals surface area contributed by atoms with E-state index in [4.69, 9.17) is 14.2 Å². The minimum Gasteiger partial charge on any atom is -0.462 e. The highest BCUT2D eigenvalue weighted by Crippen LogP contribution is 2.14. The Morgan fingerprint density at radius 1 is 0.323 bits per heavy atom. The van der Waals surface area contributed by atoms with Gasteiger partial charge in [-0.25, -0.2) is 0 Å². The Labute approximate surface area is 400 Å². The second kappa shape index (κ2) is 52.9. The molecule has 0 aliphatic rings. The first-order valence-electron chi connectivity index (χ1n) is 26.7. The molecule has 0 heterocycles. The van der Waals surface area contributed by atoms with Crippen LogP contribution in [0.15, 0.2) is 97.2 Å². The first-order chi connectivity index (χ1) is 32.0. The largest absolute Gasteiger partial charge is 0.462 e. The number of carbonyl (C=O) groups is 3. The van der Waals surface area contributed by atoms with E-state index in [1.165, 1.54) is 109 Å². The summed E-state index contributed by atoms with van der Waals surface area (Å²) in [7, 11) is 0. The normalized spacial score (nSPS) is 12.8. The van der Waals surface area contributed by atoms with Crippen molar-refractivity contribution >= 4 is 17.9 Å². The molecule has 0 rings (SSSR count). The summed E-state index contributed by atoms with van der Waals surface area (Å²) < 4.78 is 16.7. The molecule has 0 aromatic heterocycles. The standard InChI is InChI=1S/C59H98O6/c1-4-7-10-13-16-19-22-25-27-29-31-34-37-40-43-46-49-52-58(61)64-55-56(54-63-57(60)51-48-45-42-39-36-33-24-21-18-15-12-9-6-3)65-59(62)53-50-47-44-41-38-35-32-30-28-26-23-20-17-14-11-8-5-2/h8,11,17,20,25-28,31-32,34-35,40-41,43-44,56H,4-7,9-10,12-16,18-19,21-24,29-30,33,36-39,42,45-55H2,1-3H3/b11-8-,20-17-,27-25-,28-26-,34-31-,35-32-,43-40-,44-41-/t56-/m0/s1. The maximum atomic E-state index is 12.8. The van der Waals surface area contributed by atoms with Crippen molar-refractivity contribution < 1.29 is 28.6 Å². The molecule has 0 aliphatic carbocycles. The molecule has 0 aliphatic heterocycles. The van der Waals surface area contributed by atoms with Gasteiger partial charge in [0.1, 0.15) is 13.2 Å². The minimum atomic E-state index is -0.826. The molecule has 6 heteroatoms. The fourth-order valence-corrected chi connectivity index (χ4v) is 7.08. The van der Waals surface area contributed by atoms with E-state index in [1.807, 2.05) is 0 Å². The van der Waals surface area contributed by atoms with E-state index in [2.05, 4.69) is 118 Å². The van der Waals surface area contributed by atoms with E-state index < -0.39 is 6.10 Å². The van der Waals surface area contributed by atoms with Crippen LogP contribution < -0.4 is 0 Å². The van der Waals surface area contributed by atoms with E-state index >= 15 is 0 Å². The molecule has 65 heavy (non-hydrogen) atoms. The van der Waals surface area contributed by atoms with Crippen LogP contribution in [0.5, 0.6) is 0 Å². The monoisotopic (exact) mass is 903 g/mol. The number of unbranched alkanes of at least 4 members (excludes halogenated alkanes) is 20. The summed E-state index contributed by atoms with van der Waals surface area (Å²) >= 11 is 0. The van der Waals surface area contributed by atoms with E-state index in [-0.39, 0.29) is 44.0 Å². The second-order valence-electron chi connectivity index (χ2n) is 17.4. The van der Waals surface area contributed by atoms with Gasteiger partial charge < -0.3 is 14.2 Å². The SMILES string of the molecule is CC/C=C\C/C=C\C/C=C\C/C=C\C/C=C\CCCC(=O)O[C@H](COC(=O)CCC/C=C\C/C=C\C/C=C\CCCCCCCC)COC(=O)CCCCCCCCCCCCCCC. The number of rotatable bonds is 47. The van der Waals surface area contributed by atoms with Gasteiger partial charge in [-0.05, 0) is 89.9 Å². The van der Waals surface area contributed by atoms with Crippen LogP contribution in [0, 0.1) is 0 Å². The average molecular weight is 903 g/mol. The van der Waals surface area contributed by atoms with Crippen LogP contribution in [0.4, 0.5) is 0 Å². The van der Waals surface area contributed by atoms with Gasteiger partial charge in [-0.2, -0.15) is 0 Å². The van der Waals surface area contributed by atoms with Crippen molar-refractivity contribution in [1.29, 1.82) is 0 Å². The fraction of sp³-hybridized carbons (Fsp3) is 0.678. The van der Waals surface area contributed by atoms with Crippen molar-refractivity contribution in [3.63, 3.8) is 0 Å². The fourth-order valence-electron chi connectivity index (χ4n) is 7.08. The maximum Gasteiger partial charge on any atom is 0.306 e. The van der Waals surface area contributed by atoms with Crippen LogP contribution in [0.1, 0.15) is 239 Å². The zero-order valence-corrected chi connectivity index (χ0v) is 42.2. The minimum absolute atomic E-state index is 0.115. The summed E-state index contributed by atoms with van der Waals surface area (Å²) in [5.74, 6) is -1.03. The highest BCUT2D eigenvalue weighted by atomic mass is 16.6. The Balaban J connectivity index is 4.56. The third kappa shape index (κ3) is 51.2. The van der Waals surface area contributed by atoms with E-state index in [0.717, 1.165) is 77.0 Å². The Morgan fingerprint density at radius 2 is 0.615 bits per heavy atom. The quantitative estimate of drug-likeness (QED) is 0.0262. The number of ether oxygens (including phenoxy) is 3. The summed E-state index contributed by atoms with van der Waals surface area (Å²) in [6.45, 7) is 6.42. The van der Waals surface area contributed by atoms with Crippen molar-refractivity contribution in [2.24, 2.45) is 0 Å². The van der Waals surface area contributed by atoms with Gasteiger partial charge in [-0.1, -0.05) is 227 Å². The van der Waals surface area contributed by atoms with Gasteiger partial charge in [0.2, 0.25) is 0 Å². The number of esters is 3. The van der Waals surface area contributed by atoms with E-state index in [9.17, 15) is 14.4 Å². The lowest BCUT2D eigenvalue weighted by atomic mass is 10.0. The maximum absolute atomic E-state index is 12.8. The molecule has 0 saturated heterocycles. The first-order valence-corrected chi connectivity index (χ1v) is 26.7. The van der Waals surface area contributed by atoms with Crippen LogP contribution in [0.2, 0.25) is 0 Å². The van der Waals surface area contributed by atoms with Gasteiger partial charge in [0.05, 0.1) is 0 Å². The summed E-state index contributed by atoms with van der Waals surface area (Å²) in [6, 6.07) is 0. The van der Waals surface area contributed by atoms with Crippen LogP contribution in [0.3, 0.4) is 0 Å². The molecule has 0 radical (unpaired) electrons. The zero-order chi connectivity index (χ0) is 47.2. The van der Waals surface area contributed by atoms with Crippen LogP contribution >= 0.6 is 0 Å². The number of carbonyl (C=O) groups excluding carboxylic acids is 3. The summed E-state index contributed by atoms with van der Waals surface area (Å²) in [4.78, 5) is 38.0. The van der Waals surface area contributed by atoms with Crippen molar-refractivity contribution in [3.05, 3.63) is 97.2 Å². The van der Waals surface area contributed by atoms with Crippen LogP contribution in [0.25, 0.3) is 0 Å². The summed E-state index contributed by atoms with van der Waals surface area (Å²) in [5, 5.41) is 0. The van der Waals surface area contributed by atoms with Gasteiger partial charge in [0, 0.05) is 19.3 Å². The summed E-state index contributed by atoms with van der Waals surface area (Å²) in [5.41, 5.74) is 0. The van der Waals surface area contributed by atoms with E-state index in [0.29, 0.717) is 19.3 Å². The molecule has 0 spiro atoms. The molecule has 0 unspecified atom stereocenters. The van der Waals surface area contributed by atoms with Gasteiger partial charge in [-0.15, -0.1) is 0 Å². The molecule has 0 aromatic carbocycles. The van der Waals surface area contributed by atoms with Crippen LogP contribution in [-0.2, 0) is 28.6 Å². The second-order valence-corrected chi connectivity index (χ2v) is 17.4. The van der Waals surface area contributed by atoms with Gasteiger partial charge in [0.25, 0.3) is 0 Å². The lowest BCUT2D eigenvalue weighted by Crippen LogP contribution is -2.30. The molecule has 0 saturated carbocycles. The topological polar surface area (TPSA) is 78.9 Å². The van der Waals surface area contributed by atoms with Crippen molar-refractivity contribution in [1.82, 2.24) is 0 Å². The third-order valence-corrected chi connectivity index (χ3v) is 11.1. The number of hydrogen-bond acceptors (Lipinski definition) is 6. The van der Waals surface area contributed by atoms with Crippen molar-refractivity contribution in [3.8, 4) is 0 Å². The first kappa shape index (κ1) is 61.3. The third-order valence-electron chi connectivity index (χ3n) is 11.1. The molecule has 0 fully saturated rings. The highest BCUT2D eigenvalue weighted by molar-refractivity contribution is 5.71. The average Bonchev–Trinajstić information content (AvgIpc) is 3.30. The zero-order valence-electron chi connectivity index (χ0n) is 42.2. The van der Waals surface area contributed by atoms with Crippen molar-refractivity contribution in [2.75, 3.05) is 13.2 Å². The highest BCUT2D eigenvalue weighted by Gasteiger charge is 2.19. The Morgan fingerprint density at radius 3 is 1.00 bits per heavy atom. The predicted molar refractivity (Wildman–Crippen MR) is 279 cm³/mol. The van der Waals surface area contributed by atoms with Gasteiger partial charge >= 0.3 is 17.9 Å². The smallest absolute Gasteiger partial charge is 0.306 e. The van der Waals surface area contributed by atoms with Crippen LogP contribution in [-0.4, -0.2) is 37.2 Å². The number of allylic oxidation sites excluding steroid dienone is 16. The van der Waals surface area contributed by atoms with Crippen molar-refractivity contribution in [2.45, 2.75) is 245 Å². The molecule has 6 nitrogen and oxygen atoms in total. The molecule has 0 bridgehead atoms. The molecule has 0 amide bonds. The lowest BCUT2D eigenvalue weighted by molar-refractivity contribution is -0.167.